The fraction of sp³-hybridized carbons (Fsp3) is 0.600. The van der Waals surface area contributed by atoms with Crippen molar-refractivity contribution < 1.29 is 0 Å². The van der Waals surface area contributed by atoms with Crippen molar-refractivity contribution >= 4 is 17.3 Å². The third kappa shape index (κ3) is 3.41. The van der Waals surface area contributed by atoms with E-state index in [0.29, 0.717) is 6.04 Å². The van der Waals surface area contributed by atoms with Crippen LogP contribution in [0.3, 0.4) is 0 Å². The van der Waals surface area contributed by atoms with Gasteiger partial charge in [-0.15, -0.1) is 0 Å². The normalized spacial score (nSPS) is 22.6. The highest BCUT2D eigenvalue weighted by atomic mass is 35.5. The Hall–Kier alpha value is -0.770. The average Bonchev–Trinajstić information content (AvgIpc) is 2.32. The Balaban J connectivity index is 2.27. The lowest BCUT2D eigenvalue weighted by molar-refractivity contribution is 0.234. The van der Waals surface area contributed by atoms with Crippen molar-refractivity contribution in [2.24, 2.45) is 5.73 Å². The number of halogens is 1. The lowest BCUT2D eigenvalue weighted by atomic mass is 10.0. The van der Waals surface area contributed by atoms with Crippen molar-refractivity contribution in [3.05, 3.63) is 28.8 Å². The first kappa shape index (κ1) is 14.6. The van der Waals surface area contributed by atoms with E-state index in [9.17, 15) is 0 Å². The number of nitrogens with two attached hydrogens (primary N) is 1. The minimum atomic E-state index is 0.155. The Morgan fingerprint density at radius 2 is 2.16 bits per heavy atom. The predicted octanol–water partition coefficient (Wildman–Crippen LogP) is 2.37. The molecular formula is C15H24ClN3. The summed E-state index contributed by atoms with van der Waals surface area (Å²) in [7, 11) is 2.18. The molecule has 1 aromatic rings. The topological polar surface area (TPSA) is 32.5 Å². The summed E-state index contributed by atoms with van der Waals surface area (Å²) >= 11 is 6.43. The van der Waals surface area contributed by atoms with E-state index < -0.39 is 0 Å². The van der Waals surface area contributed by atoms with Crippen LogP contribution in [0.4, 0.5) is 5.69 Å². The van der Waals surface area contributed by atoms with Crippen LogP contribution in [0.15, 0.2) is 18.2 Å². The van der Waals surface area contributed by atoms with Crippen LogP contribution in [0.25, 0.3) is 0 Å². The molecular weight excluding hydrogens is 258 g/mol. The van der Waals surface area contributed by atoms with Crippen molar-refractivity contribution in [1.82, 2.24) is 4.90 Å². The molecule has 3 nitrogen and oxygen atoms in total. The van der Waals surface area contributed by atoms with Crippen LogP contribution in [-0.2, 0) is 6.42 Å². The average molecular weight is 282 g/mol. The highest BCUT2D eigenvalue weighted by Crippen LogP contribution is 2.32. The van der Waals surface area contributed by atoms with E-state index in [4.69, 9.17) is 17.3 Å². The van der Waals surface area contributed by atoms with E-state index in [2.05, 4.69) is 29.8 Å². The fourth-order valence-electron chi connectivity index (χ4n) is 2.68. The van der Waals surface area contributed by atoms with Crippen LogP contribution in [0.5, 0.6) is 0 Å². The highest BCUT2D eigenvalue weighted by Gasteiger charge is 2.24. The van der Waals surface area contributed by atoms with E-state index in [-0.39, 0.29) is 6.04 Å². The first-order chi connectivity index (χ1) is 8.99. The van der Waals surface area contributed by atoms with Crippen molar-refractivity contribution in [2.45, 2.75) is 32.4 Å². The second-order valence-corrected chi connectivity index (χ2v) is 6.11. The minimum Gasteiger partial charge on any atom is -0.367 e. The number of benzene rings is 1. The molecule has 0 radical (unpaired) electrons. The lowest BCUT2D eigenvalue weighted by Crippen LogP contribution is -2.50. The van der Waals surface area contributed by atoms with Crippen LogP contribution < -0.4 is 10.6 Å². The number of hydrogen-bond acceptors (Lipinski definition) is 3. The molecule has 2 N–H and O–H groups in total. The third-order valence-electron chi connectivity index (χ3n) is 3.89. The molecule has 4 heteroatoms. The quantitative estimate of drug-likeness (QED) is 0.923. The number of nitrogens with zero attached hydrogens (tertiary/aromatic N) is 2. The number of anilines is 1. The maximum absolute atomic E-state index is 6.43. The molecule has 1 heterocycles. The summed E-state index contributed by atoms with van der Waals surface area (Å²) in [6, 6.07) is 6.84. The Labute approximate surface area is 121 Å². The number of hydrogen-bond donors (Lipinski definition) is 1. The number of likely N-dealkylation sites (N-methyl/N-ethyl adjacent to an activating group) is 1. The highest BCUT2D eigenvalue weighted by molar-refractivity contribution is 6.33. The summed E-state index contributed by atoms with van der Waals surface area (Å²) in [4.78, 5) is 4.79. The summed E-state index contributed by atoms with van der Waals surface area (Å²) in [5.41, 5.74) is 8.40. The molecule has 0 aromatic heterocycles. The van der Waals surface area contributed by atoms with Gasteiger partial charge in [-0.1, -0.05) is 23.7 Å². The van der Waals surface area contributed by atoms with Gasteiger partial charge in [-0.2, -0.15) is 0 Å². The zero-order valence-corrected chi connectivity index (χ0v) is 12.8. The largest absolute Gasteiger partial charge is 0.367 e. The van der Waals surface area contributed by atoms with Crippen LogP contribution in [0, 0.1) is 0 Å². The number of rotatable bonds is 3. The predicted molar refractivity (Wildman–Crippen MR) is 83.1 cm³/mol. The van der Waals surface area contributed by atoms with Gasteiger partial charge in [0.15, 0.2) is 0 Å². The van der Waals surface area contributed by atoms with Crippen molar-refractivity contribution in [3.8, 4) is 0 Å². The molecule has 19 heavy (non-hydrogen) atoms. The number of para-hydroxylation sites is 1. The molecule has 0 amide bonds. The SMILES string of the molecule is CC(N)Cc1cccc(Cl)c1N1CCN(C)C(C)C1. The van der Waals surface area contributed by atoms with E-state index in [0.717, 1.165) is 31.1 Å². The van der Waals surface area contributed by atoms with Gasteiger partial charge in [0.1, 0.15) is 0 Å². The van der Waals surface area contributed by atoms with Gasteiger partial charge in [-0.3, -0.25) is 0 Å². The maximum atomic E-state index is 6.43. The zero-order chi connectivity index (χ0) is 14.0. The molecule has 0 spiro atoms. The number of piperazine rings is 1. The van der Waals surface area contributed by atoms with E-state index >= 15 is 0 Å². The van der Waals surface area contributed by atoms with E-state index in [1.165, 1.54) is 11.3 Å². The Bertz CT molecular complexity index is 433. The summed E-state index contributed by atoms with van der Waals surface area (Å²) in [6.45, 7) is 7.41. The second-order valence-electron chi connectivity index (χ2n) is 5.70. The molecule has 106 valence electrons. The van der Waals surface area contributed by atoms with Gasteiger partial charge in [0.05, 0.1) is 10.7 Å². The van der Waals surface area contributed by atoms with Crippen molar-refractivity contribution in [2.75, 3.05) is 31.6 Å². The molecule has 0 bridgehead atoms. The molecule has 1 aliphatic heterocycles. The van der Waals surface area contributed by atoms with Gasteiger partial charge in [0, 0.05) is 31.7 Å². The van der Waals surface area contributed by atoms with Gasteiger partial charge >= 0.3 is 0 Å². The third-order valence-corrected chi connectivity index (χ3v) is 4.19. The lowest BCUT2D eigenvalue weighted by Gasteiger charge is -2.40. The van der Waals surface area contributed by atoms with Gasteiger partial charge in [-0.25, -0.2) is 0 Å². The Morgan fingerprint density at radius 1 is 1.42 bits per heavy atom. The summed E-state index contributed by atoms with van der Waals surface area (Å²) in [5.74, 6) is 0. The molecule has 1 saturated heterocycles. The molecule has 2 rings (SSSR count). The zero-order valence-electron chi connectivity index (χ0n) is 12.1. The van der Waals surface area contributed by atoms with Crippen LogP contribution in [0.1, 0.15) is 19.4 Å². The van der Waals surface area contributed by atoms with Gasteiger partial charge in [0.2, 0.25) is 0 Å². The molecule has 1 fully saturated rings. The summed E-state index contributed by atoms with van der Waals surface area (Å²) in [6.07, 6.45) is 0.872. The first-order valence-electron chi connectivity index (χ1n) is 6.97. The van der Waals surface area contributed by atoms with E-state index in [1.807, 2.05) is 19.1 Å². The smallest absolute Gasteiger partial charge is 0.0642 e. The van der Waals surface area contributed by atoms with Crippen LogP contribution in [0.2, 0.25) is 5.02 Å². The molecule has 1 aromatic carbocycles. The molecule has 1 aliphatic rings. The van der Waals surface area contributed by atoms with Gasteiger partial charge < -0.3 is 15.5 Å². The Kier molecular flexibility index (Phi) is 4.71. The van der Waals surface area contributed by atoms with Crippen molar-refractivity contribution in [1.29, 1.82) is 0 Å². The van der Waals surface area contributed by atoms with E-state index in [1.54, 1.807) is 0 Å². The molecule has 0 aliphatic carbocycles. The summed E-state index contributed by atoms with van der Waals surface area (Å²) < 4.78 is 0. The minimum absolute atomic E-state index is 0.155. The first-order valence-corrected chi connectivity index (χ1v) is 7.35. The molecule has 2 unspecified atom stereocenters. The van der Waals surface area contributed by atoms with Gasteiger partial charge in [-0.05, 0) is 38.9 Å². The fourth-order valence-corrected chi connectivity index (χ4v) is 2.99. The molecule has 0 saturated carbocycles. The van der Waals surface area contributed by atoms with Crippen LogP contribution >= 0.6 is 11.6 Å². The standard InChI is InChI=1S/C15H24ClN3/c1-11(17)9-13-5-4-6-14(16)15(13)19-8-7-18(3)12(2)10-19/h4-6,11-12H,7-10,17H2,1-3H3. The van der Waals surface area contributed by atoms with Crippen molar-refractivity contribution in [3.63, 3.8) is 0 Å². The maximum Gasteiger partial charge on any atom is 0.0642 e. The molecule has 2 atom stereocenters. The second kappa shape index (κ2) is 6.12. The Morgan fingerprint density at radius 3 is 2.79 bits per heavy atom. The van der Waals surface area contributed by atoms with Gasteiger partial charge in [0.25, 0.3) is 0 Å². The van der Waals surface area contributed by atoms with Crippen LogP contribution in [-0.4, -0.2) is 43.7 Å². The summed E-state index contributed by atoms with van der Waals surface area (Å²) in [5, 5.41) is 0.843. The monoisotopic (exact) mass is 281 g/mol.